The van der Waals surface area contributed by atoms with Gasteiger partial charge in [-0.2, -0.15) is 0 Å². The Kier molecular flexibility index (Phi) is 9.15. The van der Waals surface area contributed by atoms with E-state index in [0.717, 1.165) is 40.5 Å². The number of rotatable bonds is 12. The van der Waals surface area contributed by atoms with Gasteiger partial charge in [0.05, 0.1) is 28.0 Å². The molecule has 3 rings (SSSR count). The van der Waals surface area contributed by atoms with Gasteiger partial charge in [-0.15, -0.1) is 0 Å². The summed E-state index contributed by atoms with van der Waals surface area (Å²) in [7, 11) is 1.74. The van der Waals surface area contributed by atoms with Crippen molar-refractivity contribution in [3.05, 3.63) is 46.7 Å². The minimum Gasteiger partial charge on any atom is -0.481 e. The van der Waals surface area contributed by atoms with Gasteiger partial charge in [-0.05, 0) is 44.6 Å². The van der Waals surface area contributed by atoms with Crippen molar-refractivity contribution in [2.45, 2.75) is 71.6 Å². The Labute approximate surface area is 196 Å². The molecule has 1 heterocycles. The topological polar surface area (TPSA) is 84.3 Å². The van der Waals surface area contributed by atoms with Crippen LogP contribution in [0.5, 0.6) is 0 Å². The molecule has 2 N–H and O–H groups in total. The summed E-state index contributed by atoms with van der Waals surface area (Å²) in [5.74, 6) is -1.00. The maximum atomic E-state index is 11.2. The molecule has 3 unspecified atom stereocenters. The lowest BCUT2D eigenvalue weighted by Crippen LogP contribution is -2.40. The van der Waals surface area contributed by atoms with E-state index < -0.39 is 5.97 Å². The number of aryl methyl sites for hydroxylation is 1. The number of aliphatic carboxylic acids is 1. The number of ether oxygens (including phenoxy) is 1. The van der Waals surface area contributed by atoms with Crippen LogP contribution in [-0.2, 0) is 16.0 Å². The summed E-state index contributed by atoms with van der Waals surface area (Å²) in [6, 6.07) is 10.7. The zero-order chi connectivity index (χ0) is 23.8. The number of carbonyl (C=O) groups is 1. The monoisotopic (exact) mass is 451 g/mol. The first-order valence-corrected chi connectivity index (χ1v) is 12.1. The number of nitrogens with one attached hydrogen (secondary N) is 1. The molecule has 1 aliphatic carbocycles. The predicted molar refractivity (Wildman–Crippen MR) is 132 cm³/mol. The molecule has 6 nitrogen and oxygen atoms in total. The highest BCUT2D eigenvalue weighted by Crippen LogP contribution is 2.22. The fraction of sp³-hybridized carbons (Fsp3) is 0.519. The lowest BCUT2D eigenvalue weighted by Gasteiger charge is -2.21. The van der Waals surface area contributed by atoms with Crippen molar-refractivity contribution < 1.29 is 14.6 Å². The normalized spacial score (nSPS) is 17.7. The number of carboxylic acid groups (broad SMARTS) is 1. The molecule has 6 heteroatoms. The maximum absolute atomic E-state index is 11.2. The average molecular weight is 452 g/mol. The van der Waals surface area contributed by atoms with Gasteiger partial charge in [0.25, 0.3) is 0 Å². The number of hydrogen-bond donors (Lipinski definition) is 2. The lowest BCUT2D eigenvalue weighted by atomic mass is 10.0. The van der Waals surface area contributed by atoms with Crippen LogP contribution < -0.4 is 16.0 Å². The van der Waals surface area contributed by atoms with E-state index in [1.54, 1.807) is 14.0 Å². The Hall–Kier alpha value is -2.57. The molecular weight excluding hydrogens is 414 g/mol. The molecule has 0 bridgehead atoms. The van der Waals surface area contributed by atoms with Crippen molar-refractivity contribution in [2.24, 2.45) is 11.8 Å². The number of aromatic nitrogens is 2. The van der Waals surface area contributed by atoms with Crippen LogP contribution in [-0.4, -0.2) is 40.4 Å². The summed E-state index contributed by atoms with van der Waals surface area (Å²) < 4.78 is 5.72. The maximum Gasteiger partial charge on any atom is 0.306 e. The van der Waals surface area contributed by atoms with E-state index in [-0.39, 0.29) is 18.1 Å². The molecule has 0 radical (unpaired) electrons. The molecule has 2 aromatic rings. The Morgan fingerprint density at radius 2 is 1.94 bits per heavy atom. The van der Waals surface area contributed by atoms with E-state index in [0.29, 0.717) is 18.9 Å². The van der Waals surface area contributed by atoms with Crippen LogP contribution in [0.25, 0.3) is 23.4 Å². The quantitative estimate of drug-likeness (QED) is 0.481. The molecule has 1 aromatic heterocycles. The number of hydrogen-bond acceptors (Lipinski definition) is 5. The molecule has 0 aliphatic heterocycles. The first kappa shape index (κ1) is 25.1. The SMILES string of the molecule is CC/C=c1/nc(-c2ccccc2)c(CCCC(C)C(=O)O)n/c1=C/C(C)C(NC1CC1)OC. The van der Waals surface area contributed by atoms with Gasteiger partial charge in [0, 0.05) is 24.6 Å². The van der Waals surface area contributed by atoms with Gasteiger partial charge in [-0.25, -0.2) is 9.97 Å². The van der Waals surface area contributed by atoms with Crippen LogP contribution in [0.2, 0.25) is 0 Å². The molecule has 0 amide bonds. The molecule has 0 saturated heterocycles. The van der Waals surface area contributed by atoms with Crippen molar-refractivity contribution in [1.29, 1.82) is 0 Å². The molecule has 33 heavy (non-hydrogen) atoms. The number of methoxy groups -OCH3 is 1. The molecule has 1 fully saturated rings. The summed E-state index contributed by atoms with van der Waals surface area (Å²) in [4.78, 5) is 21.4. The van der Waals surface area contributed by atoms with Gasteiger partial charge in [0.2, 0.25) is 0 Å². The van der Waals surface area contributed by atoms with E-state index in [9.17, 15) is 9.90 Å². The van der Waals surface area contributed by atoms with Crippen LogP contribution >= 0.6 is 0 Å². The second-order valence-electron chi connectivity index (χ2n) is 9.02. The molecule has 1 aliphatic rings. The van der Waals surface area contributed by atoms with Crippen molar-refractivity contribution in [3.8, 4) is 11.3 Å². The standard InChI is InChI=1S/C27H37N3O3/c1-5-10-22-24(17-19(3)26(33-4)28-21-15-16-21)29-23(14-9-11-18(2)27(31)32)25(30-22)20-12-7-6-8-13-20/h6-8,10,12-13,17-19,21,26,28H,5,9,11,14-16H2,1-4H3,(H,31,32)/b22-10+,24-17+. The van der Waals surface area contributed by atoms with E-state index in [4.69, 9.17) is 14.7 Å². The summed E-state index contributed by atoms with van der Waals surface area (Å²) in [6.07, 6.45) is 9.51. The van der Waals surface area contributed by atoms with E-state index in [2.05, 4.69) is 43.4 Å². The molecule has 1 aromatic carbocycles. The van der Waals surface area contributed by atoms with E-state index in [1.807, 2.05) is 18.2 Å². The number of benzene rings is 1. The lowest BCUT2D eigenvalue weighted by molar-refractivity contribution is -0.141. The van der Waals surface area contributed by atoms with Gasteiger partial charge in [-0.3, -0.25) is 10.1 Å². The third-order valence-corrected chi connectivity index (χ3v) is 6.07. The molecular formula is C27H37N3O3. The Morgan fingerprint density at radius 1 is 1.21 bits per heavy atom. The van der Waals surface area contributed by atoms with Gasteiger partial charge in [0.1, 0.15) is 6.23 Å². The van der Waals surface area contributed by atoms with Crippen molar-refractivity contribution in [3.63, 3.8) is 0 Å². The van der Waals surface area contributed by atoms with Crippen molar-refractivity contribution in [2.75, 3.05) is 7.11 Å². The third kappa shape index (κ3) is 7.21. The summed E-state index contributed by atoms with van der Waals surface area (Å²) in [5.41, 5.74) is 2.82. The minimum absolute atomic E-state index is 0.0672. The number of carboxylic acids is 1. The Morgan fingerprint density at radius 3 is 2.55 bits per heavy atom. The highest BCUT2D eigenvalue weighted by atomic mass is 16.5. The first-order chi connectivity index (χ1) is 15.9. The highest BCUT2D eigenvalue weighted by Gasteiger charge is 2.26. The van der Waals surface area contributed by atoms with Crippen LogP contribution in [0.3, 0.4) is 0 Å². The summed E-state index contributed by atoms with van der Waals surface area (Å²) in [6.45, 7) is 6.00. The van der Waals surface area contributed by atoms with E-state index in [1.165, 1.54) is 12.8 Å². The first-order valence-electron chi connectivity index (χ1n) is 12.1. The van der Waals surface area contributed by atoms with Crippen molar-refractivity contribution in [1.82, 2.24) is 15.3 Å². The predicted octanol–water partition coefficient (Wildman–Crippen LogP) is 3.52. The molecule has 0 spiro atoms. The van der Waals surface area contributed by atoms with Crippen LogP contribution in [0.15, 0.2) is 30.3 Å². The summed E-state index contributed by atoms with van der Waals surface area (Å²) >= 11 is 0. The number of nitrogens with zero attached hydrogens (tertiary/aromatic N) is 2. The second-order valence-corrected chi connectivity index (χ2v) is 9.02. The van der Waals surface area contributed by atoms with Crippen LogP contribution in [0.4, 0.5) is 0 Å². The van der Waals surface area contributed by atoms with E-state index >= 15 is 0 Å². The fourth-order valence-electron chi connectivity index (χ4n) is 3.92. The van der Waals surface area contributed by atoms with Crippen LogP contribution in [0, 0.1) is 11.8 Å². The summed E-state index contributed by atoms with van der Waals surface area (Å²) in [5, 5.41) is 14.5. The minimum atomic E-state index is -0.756. The largest absolute Gasteiger partial charge is 0.481 e. The average Bonchev–Trinajstić information content (AvgIpc) is 3.63. The Bertz CT molecular complexity index is 1030. The zero-order valence-corrected chi connectivity index (χ0v) is 20.3. The van der Waals surface area contributed by atoms with Gasteiger partial charge >= 0.3 is 5.97 Å². The van der Waals surface area contributed by atoms with Gasteiger partial charge in [0.15, 0.2) is 0 Å². The van der Waals surface area contributed by atoms with Gasteiger partial charge < -0.3 is 9.84 Å². The Balaban J connectivity index is 2.01. The molecule has 178 valence electrons. The fourth-order valence-corrected chi connectivity index (χ4v) is 3.92. The molecule has 1 saturated carbocycles. The third-order valence-electron chi connectivity index (χ3n) is 6.07. The second kappa shape index (κ2) is 12.1. The smallest absolute Gasteiger partial charge is 0.306 e. The molecule has 3 atom stereocenters. The van der Waals surface area contributed by atoms with Crippen molar-refractivity contribution >= 4 is 18.1 Å². The highest BCUT2D eigenvalue weighted by molar-refractivity contribution is 5.69. The van der Waals surface area contributed by atoms with Crippen LogP contribution in [0.1, 0.15) is 58.6 Å². The van der Waals surface area contributed by atoms with Gasteiger partial charge in [-0.1, -0.05) is 57.2 Å². The zero-order valence-electron chi connectivity index (χ0n) is 20.3.